The lowest BCUT2D eigenvalue weighted by Gasteiger charge is -2.06. The quantitative estimate of drug-likeness (QED) is 0.528. The van der Waals surface area contributed by atoms with Crippen molar-refractivity contribution in [3.63, 3.8) is 0 Å². The summed E-state index contributed by atoms with van der Waals surface area (Å²) in [4.78, 5) is 27.7. The molecule has 0 aliphatic rings. The molecule has 0 fully saturated rings. The van der Waals surface area contributed by atoms with E-state index in [0.29, 0.717) is 17.3 Å². The van der Waals surface area contributed by atoms with Crippen molar-refractivity contribution in [2.45, 2.75) is 6.92 Å². The number of benzene rings is 1. The molecule has 0 bridgehead atoms. The molecular weight excluding hydrogens is 286 g/mol. The minimum atomic E-state index is -0.530. The molecule has 1 aromatic carbocycles. The molecule has 4 N–H and O–H groups in total. The minimum absolute atomic E-state index is 0.163. The van der Waals surface area contributed by atoms with E-state index in [1.54, 1.807) is 30.3 Å². The number of H-pyrrole nitrogens is 1. The van der Waals surface area contributed by atoms with E-state index in [2.05, 4.69) is 20.5 Å². The van der Waals surface area contributed by atoms with E-state index < -0.39 is 11.6 Å². The van der Waals surface area contributed by atoms with Gasteiger partial charge in [0.1, 0.15) is 11.6 Å². The van der Waals surface area contributed by atoms with Crippen LogP contribution in [0, 0.1) is 0 Å². The van der Waals surface area contributed by atoms with Crippen LogP contribution in [0.15, 0.2) is 46.4 Å². The molecule has 114 valence electrons. The highest BCUT2D eigenvalue weighted by atomic mass is 16.5. The van der Waals surface area contributed by atoms with Crippen molar-refractivity contribution in [3.8, 4) is 5.75 Å². The number of nitrogens with two attached hydrogens (primary N) is 1. The van der Waals surface area contributed by atoms with Gasteiger partial charge in [-0.3, -0.25) is 15.2 Å². The number of carbonyl (C=O) groups excluding carboxylic acids is 1. The normalized spacial score (nSPS) is 11.0. The fourth-order valence-electron chi connectivity index (χ4n) is 1.59. The van der Waals surface area contributed by atoms with Crippen molar-refractivity contribution >= 4 is 17.4 Å². The van der Waals surface area contributed by atoms with Gasteiger partial charge in [0, 0.05) is 6.20 Å². The second-order valence-electron chi connectivity index (χ2n) is 4.38. The van der Waals surface area contributed by atoms with E-state index in [4.69, 9.17) is 10.5 Å². The molecule has 0 aliphatic carbocycles. The van der Waals surface area contributed by atoms with Gasteiger partial charge in [-0.15, -0.1) is 0 Å². The highest BCUT2D eigenvalue weighted by molar-refractivity contribution is 5.99. The van der Waals surface area contributed by atoms with Gasteiger partial charge >= 0.3 is 5.69 Å². The minimum Gasteiger partial charge on any atom is -0.484 e. The number of hydrogen-bond acceptors (Lipinski definition) is 6. The van der Waals surface area contributed by atoms with Crippen molar-refractivity contribution < 1.29 is 9.53 Å². The highest BCUT2D eigenvalue weighted by Crippen LogP contribution is 2.13. The number of rotatable bonds is 6. The average Bonchev–Trinajstić information content (AvgIpc) is 2.51. The van der Waals surface area contributed by atoms with Crippen molar-refractivity contribution in [1.29, 1.82) is 0 Å². The van der Waals surface area contributed by atoms with Crippen LogP contribution >= 0.6 is 0 Å². The lowest BCUT2D eigenvalue weighted by molar-refractivity contribution is -0.119. The average molecular weight is 301 g/mol. The Hall–Kier alpha value is -3.16. The third-order valence-corrected chi connectivity index (χ3v) is 2.67. The van der Waals surface area contributed by atoms with Gasteiger partial charge in [0.2, 0.25) is 0 Å². The van der Waals surface area contributed by atoms with Crippen LogP contribution in [0.3, 0.4) is 0 Å². The van der Waals surface area contributed by atoms with Gasteiger partial charge in [0.05, 0.1) is 5.71 Å². The number of amides is 1. The standard InChI is InChI=1S/C14H15N5O3/c1-9(18-19-13-6-7-16-14(21)17-13)10-2-4-11(5-3-10)22-8-12(15)20/h2-7H,8H2,1H3,(H2,15,20)(H2,16,17,19,21)/b18-9+. The summed E-state index contributed by atoms with van der Waals surface area (Å²) in [6, 6.07) is 8.62. The van der Waals surface area contributed by atoms with E-state index in [1.165, 1.54) is 6.20 Å². The zero-order chi connectivity index (χ0) is 15.9. The Morgan fingerprint density at radius 3 is 2.73 bits per heavy atom. The molecule has 0 unspecified atom stereocenters. The second-order valence-corrected chi connectivity index (χ2v) is 4.38. The maximum atomic E-state index is 11.0. The Morgan fingerprint density at radius 2 is 2.09 bits per heavy atom. The molecule has 2 aromatic rings. The summed E-state index contributed by atoms with van der Waals surface area (Å²) in [5, 5.41) is 4.16. The molecular formula is C14H15N5O3. The van der Waals surface area contributed by atoms with E-state index in [1.807, 2.05) is 6.92 Å². The van der Waals surface area contributed by atoms with Crippen LogP contribution in [0.1, 0.15) is 12.5 Å². The number of nitrogens with zero attached hydrogens (tertiary/aromatic N) is 2. The van der Waals surface area contributed by atoms with Gasteiger partial charge < -0.3 is 10.5 Å². The lowest BCUT2D eigenvalue weighted by atomic mass is 10.1. The first-order valence-corrected chi connectivity index (χ1v) is 6.42. The molecule has 8 nitrogen and oxygen atoms in total. The maximum absolute atomic E-state index is 11.0. The van der Waals surface area contributed by atoms with Crippen molar-refractivity contribution in [2.75, 3.05) is 12.0 Å². The van der Waals surface area contributed by atoms with Crippen LogP contribution in [-0.2, 0) is 4.79 Å². The molecule has 2 rings (SSSR count). The first kappa shape index (κ1) is 15.2. The Bertz CT molecular complexity index is 737. The summed E-state index contributed by atoms with van der Waals surface area (Å²) in [7, 11) is 0. The first-order chi connectivity index (χ1) is 10.5. The van der Waals surface area contributed by atoms with Gasteiger partial charge in [0.15, 0.2) is 6.61 Å². The topological polar surface area (TPSA) is 122 Å². The van der Waals surface area contributed by atoms with Gasteiger partial charge in [-0.1, -0.05) is 0 Å². The molecule has 0 atom stereocenters. The highest BCUT2D eigenvalue weighted by Gasteiger charge is 2.01. The number of hydrogen-bond donors (Lipinski definition) is 3. The number of aromatic nitrogens is 2. The van der Waals surface area contributed by atoms with E-state index >= 15 is 0 Å². The summed E-state index contributed by atoms with van der Waals surface area (Å²) in [6.07, 6.45) is 1.39. The zero-order valence-electron chi connectivity index (χ0n) is 11.9. The van der Waals surface area contributed by atoms with Crippen LogP contribution < -0.4 is 21.6 Å². The number of ether oxygens (including phenoxy) is 1. The van der Waals surface area contributed by atoms with Crippen molar-refractivity contribution in [1.82, 2.24) is 9.97 Å². The number of aromatic amines is 1. The SMILES string of the molecule is C/C(=N\Nc1ccnc(=O)[nH]1)c1ccc(OCC(N)=O)cc1. The molecule has 1 heterocycles. The number of primary amides is 1. The van der Waals surface area contributed by atoms with Crippen LogP contribution in [-0.4, -0.2) is 28.2 Å². The zero-order valence-corrected chi connectivity index (χ0v) is 11.9. The summed E-state index contributed by atoms with van der Waals surface area (Å²) in [6.45, 7) is 1.65. The summed E-state index contributed by atoms with van der Waals surface area (Å²) < 4.78 is 5.17. The fourth-order valence-corrected chi connectivity index (χ4v) is 1.59. The fraction of sp³-hybridized carbons (Fsp3) is 0.143. The van der Waals surface area contributed by atoms with Gasteiger partial charge in [-0.25, -0.2) is 9.78 Å². The molecule has 0 radical (unpaired) electrons. The summed E-state index contributed by atoms with van der Waals surface area (Å²) in [5.41, 5.74) is 8.86. The Labute approximate surface area is 126 Å². The Morgan fingerprint density at radius 1 is 1.36 bits per heavy atom. The smallest absolute Gasteiger partial charge is 0.346 e. The second kappa shape index (κ2) is 7.02. The third kappa shape index (κ3) is 4.44. The predicted octanol–water partition coefficient (Wildman–Crippen LogP) is 0.470. The van der Waals surface area contributed by atoms with E-state index in [-0.39, 0.29) is 6.61 Å². The molecule has 0 saturated heterocycles. The molecule has 8 heteroatoms. The summed E-state index contributed by atoms with van der Waals surface area (Å²) >= 11 is 0. The number of hydrazone groups is 1. The monoisotopic (exact) mass is 301 g/mol. The molecule has 22 heavy (non-hydrogen) atoms. The Kier molecular flexibility index (Phi) is 4.86. The number of nitrogens with one attached hydrogen (secondary N) is 2. The van der Waals surface area contributed by atoms with Crippen LogP contribution in [0.4, 0.5) is 5.82 Å². The molecule has 1 aromatic heterocycles. The van der Waals surface area contributed by atoms with E-state index in [9.17, 15) is 9.59 Å². The van der Waals surface area contributed by atoms with Crippen LogP contribution in [0.2, 0.25) is 0 Å². The number of carbonyl (C=O) groups is 1. The van der Waals surface area contributed by atoms with Crippen molar-refractivity contribution in [3.05, 3.63) is 52.6 Å². The molecule has 0 spiro atoms. The number of anilines is 1. The van der Waals surface area contributed by atoms with Crippen molar-refractivity contribution in [2.24, 2.45) is 10.8 Å². The third-order valence-electron chi connectivity index (χ3n) is 2.67. The van der Waals surface area contributed by atoms with Gasteiger partial charge in [0.25, 0.3) is 5.91 Å². The maximum Gasteiger partial charge on any atom is 0.346 e. The van der Waals surface area contributed by atoms with E-state index in [0.717, 1.165) is 5.56 Å². The van der Waals surface area contributed by atoms with Gasteiger partial charge in [-0.2, -0.15) is 5.10 Å². The lowest BCUT2D eigenvalue weighted by Crippen LogP contribution is -2.20. The first-order valence-electron chi connectivity index (χ1n) is 6.42. The Balaban J connectivity index is 2.02. The molecule has 0 aliphatic heterocycles. The summed E-state index contributed by atoms with van der Waals surface area (Å²) in [5.74, 6) is 0.458. The molecule has 1 amide bonds. The van der Waals surface area contributed by atoms with Crippen LogP contribution in [0.5, 0.6) is 5.75 Å². The largest absolute Gasteiger partial charge is 0.484 e. The predicted molar refractivity (Wildman–Crippen MR) is 81.8 cm³/mol. The molecule has 0 saturated carbocycles. The van der Waals surface area contributed by atoms with Crippen LogP contribution in [0.25, 0.3) is 0 Å². The van der Waals surface area contributed by atoms with Gasteiger partial charge in [-0.05, 0) is 42.8 Å².